The van der Waals surface area contributed by atoms with Gasteiger partial charge in [-0.2, -0.15) is 0 Å². The van der Waals surface area contributed by atoms with Gasteiger partial charge < -0.3 is 9.64 Å². The lowest BCUT2D eigenvalue weighted by atomic mass is 10.2. The van der Waals surface area contributed by atoms with Crippen molar-refractivity contribution < 1.29 is 17.9 Å². The largest absolute Gasteiger partial charge is 0.494 e. The fraction of sp³-hybridized carbons (Fsp3) is 0.611. The Bertz CT molecular complexity index is 663. The summed E-state index contributed by atoms with van der Waals surface area (Å²) in [6.45, 7) is 3.18. The topological polar surface area (TPSA) is 66.9 Å². The second kappa shape index (κ2) is 8.67. The molecule has 0 aliphatic carbocycles. The predicted molar refractivity (Wildman–Crippen MR) is 98.5 cm³/mol. The number of nitrogens with zero attached hydrogens (tertiary/aromatic N) is 2. The molecule has 1 amide bonds. The van der Waals surface area contributed by atoms with E-state index in [0.29, 0.717) is 13.0 Å². The maximum absolute atomic E-state index is 12.6. The molecule has 2 atom stereocenters. The summed E-state index contributed by atoms with van der Waals surface area (Å²) in [4.78, 5) is 16.2. The van der Waals surface area contributed by atoms with Crippen LogP contribution in [0.2, 0.25) is 0 Å². The number of hydrogen-bond donors (Lipinski definition) is 0. The maximum atomic E-state index is 12.6. The van der Waals surface area contributed by atoms with Crippen molar-refractivity contribution >= 4 is 15.7 Å². The van der Waals surface area contributed by atoms with E-state index in [2.05, 4.69) is 0 Å². The van der Waals surface area contributed by atoms with Crippen LogP contribution in [0.25, 0.3) is 0 Å². The van der Waals surface area contributed by atoms with Gasteiger partial charge in [-0.05, 0) is 38.9 Å². The Morgan fingerprint density at radius 3 is 2.56 bits per heavy atom. The smallest absolute Gasteiger partial charge is 0.239 e. The van der Waals surface area contributed by atoms with E-state index in [1.165, 1.54) is 0 Å². The fourth-order valence-electron chi connectivity index (χ4n) is 2.96. The lowest BCUT2D eigenvalue weighted by Crippen LogP contribution is -2.48. The molecule has 2 rings (SSSR count). The molecule has 1 aromatic rings. The molecule has 140 valence electrons. The van der Waals surface area contributed by atoms with E-state index >= 15 is 0 Å². The summed E-state index contributed by atoms with van der Waals surface area (Å²) >= 11 is 0. The lowest BCUT2D eigenvalue weighted by Gasteiger charge is -2.31. The van der Waals surface area contributed by atoms with Crippen LogP contribution in [0.15, 0.2) is 30.3 Å². The molecule has 0 radical (unpaired) electrons. The van der Waals surface area contributed by atoms with E-state index < -0.39 is 9.84 Å². The van der Waals surface area contributed by atoms with Crippen molar-refractivity contribution in [3.63, 3.8) is 0 Å². The number of sulfone groups is 1. The normalized spacial score (nSPS) is 20.4. The zero-order valence-corrected chi connectivity index (χ0v) is 16.0. The second-order valence-electron chi connectivity index (χ2n) is 6.68. The summed E-state index contributed by atoms with van der Waals surface area (Å²) in [5.41, 5.74) is 0. The molecule has 1 heterocycles. The van der Waals surface area contributed by atoms with Crippen LogP contribution in [0, 0.1) is 0 Å². The number of rotatable bonds is 8. The Kier molecular flexibility index (Phi) is 6.84. The molecule has 0 bridgehead atoms. The summed E-state index contributed by atoms with van der Waals surface area (Å²) in [6, 6.07) is 9.16. The molecule has 1 aliphatic rings. The zero-order chi connectivity index (χ0) is 18.4. The molecule has 0 spiro atoms. The number of benzene rings is 1. The van der Waals surface area contributed by atoms with Gasteiger partial charge in [-0.3, -0.25) is 9.69 Å². The lowest BCUT2D eigenvalue weighted by molar-refractivity contribution is -0.136. The van der Waals surface area contributed by atoms with Crippen molar-refractivity contribution in [1.29, 1.82) is 0 Å². The molecule has 7 heteroatoms. The quantitative estimate of drug-likeness (QED) is 0.649. The first-order chi connectivity index (χ1) is 11.8. The molecular weight excluding hydrogens is 340 g/mol. The molecular formula is C18H28N2O4S. The summed E-state index contributed by atoms with van der Waals surface area (Å²) in [5.74, 6) is 1.07. The molecule has 6 nitrogen and oxygen atoms in total. The van der Waals surface area contributed by atoms with Gasteiger partial charge in [-0.25, -0.2) is 8.42 Å². The van der Waals surface area contributed by atoms with Gasteiger partial charge in [0.2, 0.25) is 5.91 Å². The van der Waals surface area contributed by atoms with Crippen LogP contribution in [0.1, 0.15) is 19.8 Å². The SMILES string of the molecule is CC(C(=O)N(C)C1CCS(=O)(=O)C1)N(C)CCCOc1ccccc1. The highest BCUT2D eigenvalue weighted by Gasteiger charge is 2.34. The van der Waals surface area contributed by atoms with Gasteiger partial charge in [0.25, 0.3) is 0 Å². The summed E-state index contributed by atoms with van der Waals surface area (Å²) in [6.07, 6.45) is 1.34. The standard InChI is InChI=1S/C18H28N2O4S/c1-15(18(21)20(3)16-10-13-25(22,23)14-16)19(2)11-7-12-24-17-8-5-4-6-9-17/h4-6,8-9,15-16H,7,10-14H2,1-3H3. The average Bonchev–Trinajstić information content (AvgIpc) is 2.97. The molecule has 2 unspecified atom stereocenters. The minimum atomic E-state index is -2.99. The Hall–Kier alpha value is -1.60. The molecule has 0 N–H and O–H groups in total. The van der Waals surface area contributed by atoms with Gasteiger partial charge >= 0.3 is 0 Å². The van der Waals surface area contributed by atoms with Gasteiger partial charge in [-0.1, -0.05) is 18.2 Å². The molecule has 1 aliphatic heterocycles. The Morgan fingerprint density at radius 1 is 1.28 bits per heavy atom. The zero-order valence-electron chi connectivity index (χ0n) is 15.2. The number of hydrogen-bond acceptors (Lipinski definition) is 5. The van der Waals surface area contributed by atoms with Gasteiger partial charge in [0.05, 0.1) is 24.2 Å². The Morgan fingerprint density at radius 2 is 1.96 bits per heavy atom. The Labute approximate surface area is 150 Å². The minimum absolute atomic E-state index is 0.0337. The molecule has 0 saturated carbocycles. The van der Waals surface area contributed by atoms with Crippen molar-refractivity contribution in [2.45, 2.75) is 31.8 Å². The van der Waals surface area contributed by atoms with Crippen molar-refractivity contribution in [2.75, 3.05) is 38.8 Å². The first-order valence-electron chi connectivity index (χ1n) is 8.65. The van der Waals surface area contributed by atoms with Crippen LogP contribution >= 0.6 is 0 Å². The summed E-state index contributed by atoms with van der Waals surface area (Å²) in [5, 5.41) is 0. The highest BCUT2D eigenvalue weighted by atomic mass is 32.2. The highest BCUT2D eigenvalue weighted by molar-refractivity contribution is 7.91. The van der Waals surface area contributed by atoms with E-state index in [9.17, 15) is 13.2 Å². The van der Waals surface area contributed by atoms with Crippen LogP contribution in [0.5, 0.6) is 5.75 Å². The van der Waals surface area contributed by atoms with Gasteiger partial charge in [0.15, 0.2) is 9.84 Å². The van der Waals surface area contributed by atoms with Gasteiger partial charge in [0, 0.05) is 19.6 Å². The summed E-state index contributed by atoms with van der Waals surface area (Å²) in [7, 11) is 0.624. The first-order valence-corrected chi connectivity index (χ1v) is 10.5. The molecule has 1 aromatic carbocycles. The average molecular weight is 368 g/mol. The van der Waals surface area contributed by atoms with Crippen molar-refractivity contribution in [1.82, 2.24) is 9.80 Å². The van der Waals surface area contributed by atoms with Gasteiger partial charge in [0.1, 0.15) is 5.75 Å². The number of para-hydroxylation sites is 1. The number of amides is 1. The highest BCUT2D eigenvalue weighted by Crippen LogP contribution is 2.18. The van der Waals surface area contributed by atoms with E-state index in [4.69, 9.17) is 4.74 Å². The second-order valence-corrected chi connectivity index (χ2v) is 8.91. The molecule has 25 heavy (non-hydrogen) atoms. The number of carbonyl (C=O) groups excluding carboxylic acids is 1. The first kappa shape index (κ1) is 19.7. The molecule has 0 aromatic heterocycles. The van der Waals surface area contributed by atoms with Crippen LogP contribution in [0.3, 0.4) is 0 Å². The summed E-state index contributed by atoms with van der Waals surface area (Å²) < 4.78 is 28.9. The number of ether oxygens (including phenoxy) is 1. The predicted octanol–water partition coefficient (Wildman–Crippen LogP) is 1.42. The van der Waals surface area contributed by atoms with Crippen molar-refractivity contribution in [3.8, 4) is 5.75 Å². The van der Waals surface area contributed by atoms with E-state index in [-0.39, 0.29) is 29.5 Å². The molecule has 1 fully saturated rings. The third kappa shape index (κ3) is 5.71. The van der Waals surface area contributed by atoms with E-state index in [1.807, 2.05) is 49.2 Å². The minimum Gasteiger partial charge on any atom is -0.494 e. The third-order valence-electron chi connectivity index (χ3n) is 4.79. The van der Waals surface area contributed by atoms with Crippen LogP contribution in [0.4, 0.5) is 0 Å². The Balaban J connectivity index is 1.74. The number of likely N-dealkylation sites (N-methyl/N-ethyl adjacent to an activating group) is 2. The fourth-order valence-corrected chi connectivity index (χ4v) is 4.73. The van der Waals surface area contributed by atoms with E-state index in [1.54, 1.807) is 11.9 Å². The van der Waals surface area contributed by atoms with E-state index in [0.717, 1.165) is 18.7 Å². The van der Waals surface area contributed by atoms with Crippen LogP contribution < -0.4 is 4.74 Å². The number of carbonyl (C=O) groups is 1. The monoisotopic (exact) mass is 368 g/mol. The third-order valence-corrected chi connectivity index (χ3v) is 6.54. The van der Waals surface area contributed by atoms with Crippen molar-refractivity contribution in [2.24, 2.45) is 0 Å². The van der Waals surface area contributed by atoms with Crippen LogP contribution in [-0.4, -0.2) is 75.0 Å². The van der Waals surface area contributed by atoms with Gasteiger partial charge in [-0.15, -0.1) is 0 Å². The van der Waals surface area contributed by atoms with Crippen LogP contribution in [-0.2, 0) is 14.6 Å². The van der Waals surface area contributed by atoms with Crippen molar-refractivity contribution in [3.05, 3.63) is 30.3 Å². The molecule has 1 saturated heterocycles. The maximum Gasteiger partial charge on any atom is 0.239 e.